The largest absolute Gasteiger partial charge is 0.293 e. The van der Waals surface area contributed by atoms with Gasteiger partial charge in [-0.25, -0.2) is 9.36 Å². The van der Waals surface area contributed by atoms with Crippen molar-refractivity contribution >= 4 is 17.0 Å². The molecule has 0 saturated heterocycles. The summed E-state index contributed by atoms with van der Waals surface area (Å²) >= 11 is 0. The van der Waals surface area contributed by atoms with E-state index in [1.54, 1.807) is 10.9 Å². The van der Waals surface area contributed by atoms with Crippen LogP contribution in [-0.2, 0) is 6.54 Å². The molecule has 0 aliphatic carbocycles. The van der Waals surface area contributed by atoms with Gasteiger partial charge in [0.2, 0.25) is 0 Å². The number of aryl methyl sites for hydroxylation is 1. The van der Waals surface area contributed by atoms with Crippen LogP contribution in [0.25, 0.3) is 22.7 Å². The lowest BCUT2D eigenvalue weighted by atomic mass is 10.1. The molecule has 4 aromatic rings. The van der Waals surface area contributed by atoms with Crippen molar-refractivity contribution in [2.24, 2.45) is 0 Å². The van der Waals surface area contributed by atoms with Gasteiger partial charge in [-0.2, -0.15) is 10.2 Å². The number of benzene rings is 2. The molecule has 5 nitrogen and oxygen atoms in total. The second-order valence-electron chi connectivity index (χ2n) is 7.45. The molecule has 29 heavy (non-hydrogen) atoms. The van der Waals surface area contributed by atoms with Crippen LogP contribution in [0.2, 0.25) is 0 Å². The number of hydrogen-bond donors (Lipinski definition) is 0. The van der Waals surface area contributed by atoms with Gasteiger partial charge in [0.1, 0.15) is 5.52 Å². The Labute approximate surface area is 169 Å². The van der Waals surface area contributed by atoms with E-state index in [1.807, 2.05) is 73.7 Å². The zero-order chi connectivity index (χ0) is 20.4. The summed E-state index contributed by atoms with van der Waals surface area (Å²) in [7, 11) is 0. The maximum absolute atomic E-state index is 13.3. The number of rotatable bonds is 5. The Morgan fingerprint density at radius 2 is 1.76 bits per heavy atom. The van der Waals surface area contributed by atoms with Gasteiger partial charge in [-0.1, -0.05) is 74.5 Å². The van der Waals surface area contributed by atoms with Crippen molar-refractivity contribution in [3.8, 4) is 5.69 Å². The molecule has 0 atom stereocenters. The standard InChI is InChI=1S/C24H24N4O/c1-17(2)22-20-16-25-28(21-14-8-7-10-18(21)3)23(20)24(29)27(26-22)15-9-13-19-11-5-4-6-12-19/h4-14,16-17H,15H2,1-3H3/b13-9+. The van der Waals surface area contributed by atoms with Crippen molar-refractivity contribution in [2.45, 2.75) is 33.2 Å². The third-order valence-corrected chi connectivity index (χ3v) is 4.99. The predicted octanol–water partition coefficient (Wildman–Crippen LogP) is 4.73. The maximum Gasteiger partial charge on any atom is 0.293 e. The highest BCUT2D eigenvalue weighted by Crippen LogP contribution is 2.24. The summed E-state index contributed by atoms with van der Waals surface area (Å²) in [6.45, 7) is 6.60. The van der Waals surface area contributed by atoms with Crippen LogP contribution in [0.4, 0.5) is 0 Å². The number of nitrogens with zero attached hydrogens (tertiary/aromatic N) is 4. The molecule has 2 aromatic carbocycles. The molecule has 0 aliphatic heterocycles. The van der Waals surface area contributed by atoms with Crippen LogP contribution in [0.1, 0.15) is 36.6 Å². The first-order valence-electron chi connectivity index (χ1n) is 9.82. The number of fused-ring (bicyclic) bond motifs is 1. The average molecular weight is 384 g/mol. The van der Waals surface area contributed by atoms with Gasteiger partial charge >= 0.3 is 0 Å². The highest BCUT2D eigenvalue weighted by Gasteiger charge is 2.18. The average Bonchev–Trinajstić information content (AvgIpc) is 3.16. The topological polar surface area (TPSA) is 52.7 Å². The van der Waals surface area contributed by atoms with E-state index in [4.69, 9.17) is 0 Å². The summed E-state index contributed by atoms with van der Waals surface area (Å²) in [5.74, 6) is 0.178. The highest BCUT2D eigenvalue weighted by molar-refractivity contribution is 5.82. The number of allylic oxidation sites excluding steroid dienone is 1. The minimum Gasteiger partial charge on any atom is -0.265 e. The maximum atomic E-state index is 13.3. The first-order valence-corrected chi connectivity index (χ1v) is 9.82. The molecule has 0 fully saturated rings. The van der Waals surface area contributed by atoms with Crippen LogP contribution < -0.4 is 5.56 Å². The molecular formula is C24H24N4O. The molecule has 0 bridgehead atoms. The molecule has 146 valence electrons. The summed E-state index contributed by atoms with van der Waals surface area (Å²) < 4.78 is 3.28. The van der Waals surface area contributed by atoms with Gasteiger partial charge < -0.3 is 0 Å². The summed E-state index contributed by atoms with van der Waals surface area (Å²) in [5, 5.41) is 10.0. The van der Waals surface area contributed by atoms with Crippen molar-refractivity contribution in [3.63, 3.8) is 0 Å². The molecule has 0 spiro atoms. The lowest BCUT2D eigenvalue weighted by molar-refractivity contribution is 0.623. The van der Waals surface area contributed by atoms with Crippen LogP contribution >= 0.6 is 0 Å². The van der Waals surface area contributed by atoms with Crippen LogP contribution in [0.15, 0.2) is 71.7 Å². The summed E-state index contributed by atoms with van der Waals surface area (Å²) in [4.78, 5) is 13.3. The first kappa shape index (κ1) is 18.9. The minimum atomic E-state index is -0.136. The number of aromatic nitrogens is 4. The number of hydrogen-bond acceptors (Lipinski definition) is 3. The second-order valence-corrected chi connectivity index (χ2v) is 7.45. The molecule has 4 rings (SSSR count). The van der Waals surface area contributed by atoms with E-state index < -0.39 is 0 Å². The van der Waals surface area contributed by atoms with E-state index in [0.29, 0.717) is 12.1 Å². The zero-order valence-electron chi connectivity index (χ0n) is 16.9. The van der Waals surface area contributed by atoms with Crippen LogP contribution in [-0.4, -0.2) is 19.6 Å². The quantitative estimate of drug-likeness (QED) is 0.500. The molecule has 0 N–H and O–H groups in total. The smallest absolute Gasteiger partial charge is 0.265 e. The predicted molar refractivity (Wildman–Crippen MR) is 117 cm³/mol. The minimum absolute atomic E-state index is 0.136. The van der Waals surface area contributed by atoms with Crippen LogP contribution in [0.3, 0.4) is 0 Å². The summed E-state index contributed by atoms with van der Waals surface area (Å²) in [5.41, 5.74) is 4.39. The molecule has 2 heterocycles. The van der Waals surface area contributed by atoms with Crippen molar-refractivity contribution in [1.29, 1.82) is 0 Å². The lowest BCUT2D eigenvalue weighted by Crippen LogP contribution is -2.26. The van der Waals surface area contributed by atoms with Crippen LogP contribution in [0, 0.1) is 6.92 Å². The van der Waals surface area contributed by atoms with E-state index in [1.165, 1.54) is 4.68 Å². The Kier molecular flexibility index (Phi) is 5.12. The van der Waals surface area contributed by atoms with Crippen molar-refractivity contribution in [3.05, 3.63) is 94.0 Å². The second kappa shape index (κ2) is 7.87. The van der Waals surface area contributed by atoms with Crippen molar-refractivity contribution in [1.82, 2.24) is 19.6 Å². The number of para-hydroxylation sites is 1. The van der Waals surface area contributed by atoms with Gasteiger partial charge in [0, 0.05) is 5.39 Å². The zero-order valence-corrected chi connectivity index (χ0v) is 16.9. The first-order chi connectivity index (χ1) is 14.1. The lowest BCUT2D eigenvalue weighted by Gasteiger charge is -2.12. The Morgan fingerprint density at radius 3 is 2.48 bits per heavy atom. The van der Waals surface area contributed by atoms with Gasteiger partial charge in [0.05, 0.1) is 24.1 Å². The molecular weight excluding hydrogens is 360 g/mol. The monoisotopic (exact) mass is 384 g/mol. The normalized spacial score (nSPS) is 11.7. The fourth-order valence-corrected chi connectivity index (χ4v) is 3.48. The molecule has 0 amide bonds. The van der Waals surface area contributed by atoms with E-state index in [-0.39, 0.29) is 11.5 Å². The van der Waals surface area contributed by atoms with Crippen molar-refractivity contribution < 1.29 is 0 Å². The molecule has 0 saturated carbocycles. The Morgan fingerprint density at radius 1 is 1.03 bits per heavy atom. The summed E-state index contributed by atoms with van der Waals surface area (Å²) in [6, 6.07) is 18.0. The van der Waals surface area contributed by atoms with E-state index in [2.05, 4.69) is 24.0 Å². The Balaban J connectivity index is 1.84. The molecule has 0 radical (unpaired) electrons. The SMILES string of the molecule is Cc1ccccc1-n1ncc2c(C(C)C)nn(C/C=C/c3ccccc3)c(=O)c21. The molecule has 0 aliphatic rings. The third kappa shape index (κ3) is 3.63. The Hall–Kier alpha value is -3.47. The molecule has 0 unspecified atom stereocenters. The highest BCUT2D eigenvalue weighted by atomic mass is 16.1. The third-order valence-electron chi connectivity index (χ3n) is 4.99. The summed E-state index contributed by atoms with van der Waals surface area (Å²) in [6.07, 6.45) is 5.73. The van der Waals surface area contributed by atoms with Crippen molar-refractivity contribution in [2.75, 3.05) is 0 Å². The van der Waals surface area contributed by atoms with Crippen LogP contribution in [0.5, 0.6) is 0 Å². The van der Waals surface area contributed by atoms with Gasteiger partial charge in [-0.3, -0.25) is 4.79 Å². The van der Waals surface area contributed by atoms with Gasteiger partial charge in [-0.15, -0.1) is 0 Å². The fraction of sp³-hybridized carbons (Fsp3) is 0.208. The van der Waals surface area contributed by atoms with E-state index in [9.17, 15) is 4.79 Å². The molecule has 2 aromatic heterocycles. The molecule has 5 heteroatoms. The van der Waals surface area contributed by atoms with Gasteiger partial charge in [0.25, 0.3) is 5.56 Å². The van der Waals surface area contributed by atoms with Gasteiger partial charge in [0.15, 0.2) is 0 Å². The van der Waals surface area contributed by atoms with E-state index >= 15 is 0 Å². The Bertz CT molecular complexity index is 1230. The van der Waals surface area contributed by atoms with Gasteiger partial charge in [-0.05, 0) is 30.0 Å². The van der Waals surface area contributed by atoms with E-state index in [0.717, 1.165) is 27.9 Å². The fourth-order valence-electron chi connectivity index (χ4n) is 3.48.